The first-order valence-electron chi connectivity index (χ1n) is 6.76. The van der Waals surface area contributed by atoms with Gasteiger partial charge in [-0.3, -0.25) is 25.0 Å². The van der Waals surface area contributed by atoms with E-state index in [2.05, 4.69) is 5.32 Å². The molecule has 0 saturated heterocycles. The minimum absolute atomic E-state index is 0.0889. The number of methoxy groups -OCH3 is 1. The van der Waals surface area contributed by atoms with Crippen molar-refractivity contribution in [3.63, 3.8) is 0 Å². The number of carbonyl (C=O) groups excluding carboxylic acids is 1. The second-order valence-corrected chi connectivity index (χ2v) is 4.78. The fourth-order valence-corrected chi connectivity index (χ4v) is 2.06. The Bertz CT molecular complexity index is 806. The van der Waals surface area contributed by atoms with Crippen LogP contribution in [0.5, 0.6) is 5.75 Å². The van der Waals surface area contributed by atoms with Crippen LogP contribution in [-0.4, -0.2) is 22.9 Å². The number of hydrogen-bond donors (Lipinski definition) is 1. The van der Waals surface area contributed by atoms with Gasteiger partial charge in [-0.05, 0) is 18.2 Å². The summed E-state index contributed by atoms with van der Waals surface area (Å²) in [6.45, 7) is 0. The Kier molecular flexibility index (Phi) is 5.05. The van der Waals surface area contributed by atoms with E-state index >= 15 is 0 Å². The van der Waals surface area contributed by atoms with Crippen LogP contribution in [0.2, 0.25) is 0 Å². The van der Waals surface area contributed by atoms with Crippen molar-refractivity contribution in [2.75, 3.05) is 12.4 Å². The molecule has 1 amide bonds. The second kappa shape index (κ2) is 7.18. The molecule has 0 bridgehead atoms. The van der Waals surface area contributed by atoms with Gasteiger partial charge in [0.1, 0.15) is 5.75 Å². The summed E-state index contributed by atoms with van der Waals surface area (Å²) in [6, 6.07) is 9.81. The Morgan fingerprint density at radius 3 is 2.50 bits per heavy atom. The van der Waals surface area contributed by atoms with Crippen LogP contribution in [0.4, 0.5) is 17.1 Å². The molecule has 0 saturated carbocycles. The summed E-state index contributed by atoms with van der Waals surface area (Å²) in [4.78, 5) is 32.3. The monoisotopic (exact) mass is 331 g/mol. The minimum atomic E-state index is -0.749. The zero-order valence-electron chi connectivity index (χ0n) is 12.6. The Balaban J connectivity index is 2.19. The predicted molar refractivity (Wildman–Crippen MR) is 85.1 cm³/mol. The molecule has 124 valence electrons. The van der Waals surface area contributed by atoms with Crippen LogP contribution in [0.1, 0.15) is 5.56 Å². The quantitative estimate of drug-likeness (QED) is 0.641. The predicted octanol–water partition coefficient (Wildman–Crippen LogP) is 2.69. The summed E-state index contributed by atoms with van der Waals surface area (Å²) in [5.41, 5.74) is -0.307. The zero-order chi connectivity index (χ0) is 17.7. The molecular weight excluding hydrogens is 318 g/mol. The summed E-state index contributed by atoms with van der Waals surface area (Å²) in [5.74, 6) is 0.0642. The van der Waals surface area contributed by atoms with Gasteiger partial charge in [-0.25, -0.2) is 0 Å². The molecule has 0 atom stereocenters. The molecule has 9 nitrogen and oxygen atoms in total. The van der Waals surface area contributed by atoms with E-state index in [1.165, 1.54) is 13.2 Å². The van der Waals surface area contributed by atoms with Gasteiger partial charge in [0.25, 0.3) is 11.4 Å². The van der Waals surface area contributed by atoms with E-state index in [0.717, 1.165) is 12.1 Å². The van der Waals surface area contributed by atoms with Crippen LogP contribution in [0.25, 0.3) is 0 Å². The van der Waals surface area contributed by atoms with Gasteiger partial charge in [0, 0.05) is 23.4 Å². The average molecular weight is 331 g/mol. The summed E-state index contributed by atoms with van der Waals surface area (Å²) in [7, 11) is 1.49. The molecule has 0 unspecified atom stereocenters. The normalized spacial score (nSPS) is 10.0. The van der Waals surface area contributed by atoms with E-state index < -0.39 is 27.1 Å². The van der Waals surface area contributed by atoms with Gasteiger partial charge >= 0.3 is 0 Å². The Labute approximate surface area is 136 Å². The molecule has 0 aromatic heterocycles. The van der Waals surface area contributed by atoms with Crippen molar-refractivity contribution >= 4 is 23.0 Å². The van der Waals surface area contributed by atoms with Crippen molar-refractivity contribution in [1.29, 1.82) is 0 Å². The Morgan fingerprint density at radius 2 is 1.88 bits per heavy atom. The fourth-order valence-electron chi connectivity index (χ4n) is 2.06. The molecule has 24 heavy (non-hydrogen) atoms. The van der Waals surface area contributed by atoms with Crippen molar-refractivity contribution in [2.24, 2.45) is 0 Å². The van der Waals surface area contributed by atoms with Gasteiger partial charge in [0.05, 0.1) is 29.4 Å². The van der Waals surface area contributed by atoms with Crippen molar-refractivity contribution in [3.8, 4) is 5.75 Å². The van der Waals surface area contributed by atoms with Crippen LogP contribution in [0.15, 0.2) is 42.5 Å². The lowest BCUT2D eigenvalue weighted by Crippen LogP contribution is -2.15. The van der Waals surface area contributed by atoms with Gasteiger partial charge < -0.3 is 10.1 Å². The molecule has 2 aromatic rings. The van der Waals surface area contributed by atoms with Crippen molar-refractivity contribution in [2.45, 2.75) is 6.42 Å². The molecule has 2 aromatic carbocycles. The smallest absolute Gasteiger partial charge is 0.279 e. The van der Waals surface area contributed by atoms with E-state index in [0.29, 0.717) is 11.4 Å². The number of anilines is 1. The molecular formula is C15H13N3O6. The largest absolute Gasteiger partial charge is 0.497 e. The summed E-state index contributed by atoms with van der Waals surface area (Å²) in [6.07, 6.45) is -0.286. The summed E-state index contributed by atoms with van der Waals surface area (Å²) in [5, 5.41) is 24.4. The number of nitro benzene ring substituents is 2. The maximum atomic E-state index is 12.1. The van der Waals surface area contributed by atoms with Crippen LogP contribution in [-0.2, 0) is 11.2 Å². The third-order valence-corrected chi connectivity index (χ3v) is 3.18. The van der Waals surface area contributed by atoms with E-state index in [1.54, 1.807) is 24.3 Å². The molecule has 2 rings (SSSR count). The highest BCUT2D eigenvalue weighted by Crippen LogP contribution is 2.25. The maximum Gasteiger partial charge on any atom is 0.279 e. The molecule has 0 spiro atoms. The maximum absolute atomic E-state index is 12.1. The Morgan fingerprint density at radius 1 is 1.12 bits per heavy atom. The summed E-state index contributed by atoms with van der Waals surface area (Å²) < 4.78 is 5.04. The molecule has 0 aliphatic rings. The number of nitrogens with one attached hydrogen (secondary N) is 1. The fraction of sp³-hybridized carbons (Fsp3) is 0.133. The third-order valence-electron chi connectivity index (χ3n) is 3.18. The first-order valence-corrected chi connectivity index (χ1v) is 6.76. The Hall–Kier alpha value is -3.49. The summed E-state index contributed by atoms with van der Waals surface area (Å²) >= 11 is 0. The number of ether oxygens (including phenoxy) is 1. The van der Waals surface area contributed by atoms with E-state index in [-0.39, 0.29) is 12.0 Å². The van der Waals surface area contributed by atoms with Crippen molar-refractivity contribution in [3.05, 3.63) is 68.3 Å². The highest BCUT2D eigenvalue weighted by Gasteiger charge is 2.21. The first kappa shape index (κ1) is 16.9. The van der Waals surface area contributed by atoms with E-state index in [1.807, 2.05) is 0 Å². The van der Waals surface area contributed by atoms with Gasteiger partial charge in [0.15, 0.2) is 0 Å². The number of amides is 1. The molecule has 0 aliphatic heterocycles. The lowest BCUT2D eigenvalue weighted by atomic mass is 10.1. The van der Waals surface area contributed by atoms with Gasteiger partial charge in [-0.1, -0.05) is 6.07 Å². The molecule has 0 radical (unpaired) electrons. The van der Waals surface area contributed by atoms with Gasteiger partial charge in [-0.2, -0.15) is 0 Å². The molecule has 0 aliphatic carbocycles. The number of nitrogens with zero attached hydrogens (tertiary/aromatic N) is 2. The number of hydrogen-bond acceptors (Lipinski definition) is 6. The van der Waals surface area contributed by atoms with E-state index in [9.17, 15) is 25.0 Å². The van der Waals surface area contributed by atoms with E-state index in [4.69, 9.17) is 4.74 Å². The molecule has 0 fully saturated rings. The highest BCUT2D eigenvalue weighted by molar-refractivity contribution is 5.93. The number of carbonyl (C=O) groups is 1. The number of non-ortho nitro benzene ring substituents is 1. The minimum Gasteiger partial charge on any atom is -0.497 e. The zero-order valence-corrected chi connectivity index (χ0v) is 12.6. The number of nitro groups is 2. The number of rotatable bonds is 6. The molecule has 0 heterocycles. The topological polar surface area (TPSA) is 125 Å². The van der Waals surface area contributed by atoms with Crippen LogP contribution >= 0.6 is 0 Å². The third kappa shape index (κ3) is 4.03. The average Bonchev–Trinajstić information content (AvgIpc) is 2.54. The molecule has 1 N–H and O–H groups in total. The standard InChI is InChI=1S/C15H13N3O6/c1-24-13-4-2-3-11(8-13)16-15(19)7-10-5-6-12(17(20)21)9-14(10)18(22)23/h2-6,8-9H,7H2,1H3,(H,16,19). The van der Waals surface area contributed by atoms with Crippen LogP contribution in [0.3, 0.4) is 0 Å². The lowest BCUT2D eigenvalue weighted by molar-refractivity contribution is -0.394. The van der Waals surface area contributed by atoms with Crippen molar-refractivity contribution < 1.29 is 19.4 Å². The lowest BCUT2D eigenvalue weighted by Gasteiger charge is -2.07. The van der Waals surface area contributed by atoms with Crippen LogP contribution in [0, 0.1) is 20.2 Å². The highest BCUT2D eigenvalue weighted by atomic mass is 16.6. The SMILES string of the molecule is COc1cccc(NC(=O)Cc2ccc([N+](=O)[O-])cc2[N+](=O)[O-])c1. The number of benzene rings is 2. The second-order valence-electron chi connectivity index (χ2n) is 4.78. The van der Waals surface area contributed by atoms with Gasteiger partial charge in [-0.15, -0.1) is 0 Å². The molecule has 9 heteroatoms. The van der Waals surface area contributed by atoms with Gasteiger partial charge in [0.2, 0.25) is 5.91 Å². The first-order chi connectivity index (χ1) is 11.4. The van der Waals surface area contributed by atoms with Crippen molar-refractivity contribution in [1.82, 2.24) is 0 Å². The van der Waals surface area contributed by atoms with Crippen LogP contribution < -0.4 is 10.1 Å².